The lowest BCUT2D eigenvalue weighted by Crippen LogP contribution is -2.13. The summed E-state index contributed by atoms with van der Waals surface area (Å²) < 4.78 is 5.19. The molecule has 3 N–H and O–H groups in total. The van der Waals surface area contributed by atoms with Crippen LogP contribution in [0.3, 0.4) is 0 Å². The summed E-state index contributed by atoms with van der Waals surface area (Å²) in [6.07, 6.45) is 1.56. The van der Waals surface area contributed by atoms with Crippen molar-refractivity contribution in [1.29, 1.82) is 0 Å². The Kier molecular flexibility index (Phi) is 2.52. The van der Waals surface area contributed by atoms with Crippen LogP contribution in [0.5, 0.6) is 5.75 Å². The van der Waals surface area contributed by atoms with Gasteiger partial charge in [-0.05, 0) is 30.7 Å². The van der Waals surface area contributed by atoms with Crippen LogP contribution in [0.2, 0.25) is 0 Å². The monoisotopic (exact) mass is 256 g/mol. The molecule has 0 spiro atoms. The highest BCUT2D eigenvalue weighted by atomic mass is 16.3. The van der Waals surface area contributed by atoms with Crippen molar-refractivity contribution >= 4 is 22.7 Å². The van der Waals surface area contributed by atoms with E-state index in [0.717, 1.165) is 11.1 Å². The standard InChI is InChI=1S/C14H12N2O3/c1-8-6-9(17)2-3-10(8)16-14(18)12-7-13-11(15-12)4-5-19-13/h2-7,15,17H,1H3,(H,16,18). The SMILES string of the molecule is Cc1cc(O)ccc1NC(=O)c1cc2occc2[nH]1. The zero-order chi connectivity index (χ0) is 13.4. The second-order valence-electron chi connectivity index (χ2n) is 4.33. The molecule has 19 heavy (non-hydrogen) atoms. The number of rotatable bonds is 2. The molecular weight excluding hydrogens is 244 g/mol. The molecule has 5 nitrogen and oxygen atoms in total. The quantitative estimate of drug-likeness (QED) is 0.617. The van der Waals surface area contributed by atoms with E-state index in [2.05, 4.69) is 10.3 Å². The van der Waals surface area contributed by atoms with Gasteiger partial charge >= 0.3 is 0 Å². The summed E-state index contributed by atoms with van der Waals surface area (Å²) in [5, 5.41) is 12.1. The number of hydrogen-bond donors (Lipinski definition) is 3. The first-order chi connectivity index (χ1) is 9.13. The summed E-state index contributed by atoms with van der Waals surface area (Å²) in [5.41, 5.74) is 3.32. The summed E-state index contributed by atoms with van der Waals surface area (Å²) >= 11 is 0. The van der Waals surface area contributed by atoms with E-state index in [-0.39, 0.29) is 11.7 Å². The Hall–Kier alpha value is -2.69. The van der Waals surface area contributed by atoms with Crippen molar-refractivity contribution in [2.75, 3.05) is 5.32 Å². The fourth-order valence-electron chi connectivity index (χ4n) is 1.95. The van der Waals surface area contributed by atoms with E-state index in [9.17, 15) is 9.90 Å². The number of hydrogen-bond acceptors (Lipinski definition) is 3. The average molecular weight is 256 g/mol. The van der Waals surface area contributed by atoms with Crippen molar-refractivity contribution in [3.05, 3.63) is 47.9 Å². The minimum Gasteiger partial charge on any atom is -0.508 e. The number of aryl methyl sites for hydroxylation is 1. The molecule has 2 aromatic heterocycles. The molecule has 1 aromatic carbocycles. The average Bonchev–Trinajstić information content (AvgIpc) is 2.93. The van der Waals surface area contributed by atoms with Gasteiger partial charge in [0.15, 0.2) is 5.58 Å². The molecule has 0 radical (unpaired) electrons. The molecule has 0 aliphatic rings. The summed E-state index contributed by atoms with van der Waals surface area (Å²) in [4.78, 5) is 15.0. The largest absolute Gasteiger partial charge is 0.508 e. The fourth-order valence-corrected chi connectivity index (χ4v) is 1.95. The number of aromatic amines is 1. The Bertz CT molecular complexity index is 726. The van der Waals surface area contributed by atoms with Gasteiger partial charge in [-0.1, -0.05) is 0 Å². The lowest BCUT2D eigenvalue weighted by molar-refractivity contribution is 0.102. The van der Waals surface area contributed by atoms with Crippen LogP contribution < -0.4 is 5.32 Å². The Morgan fingerprint density at radius 2 is 2.16 bits per heavy atom. The lowest BCUT2D eigenvalue weighted by atomic mass is 10.2. The van der Waals surface area contributed by atoms with Gasteiger partial charge in [0.05, 0.1) is 11.8 Å². The number of amides is 1. The van der Waals surface area contributed by atoms with E-state index < -0.39 is 0 Å². The number of aromatic nitrogens is 1. The van der Waals surface area contributed by atoms with Crippen molar-refractivity contribution in [3.63, 3.8) is 0 Å². The molecule has 0 aliphatic heterocycles. The first-order valence-electron chi connectivity index (χ1n) is 5.80. The molecule has 0 aliphatic carbocycles. The highest BCUT2D eigenvalue weighted by molar-refractivity contribution is 6.05. The molecule has 3 aromatic rings. The van der Waals surface area contributed by atoms with E-state index in [4.69, 9.17) is 4.42 Å². The third kappa shape index (κ3) is 2.06. The first kappa shape index (κ1) is 11.4. The topological polar surface area (TPSA) is 78.3 Å². The lowest BCUT2D eigenvalue weighted by Gasteiger charge is -2.07. The molecule has 0 fully saturated rings. The minimum absolute atomic E-state index is 0.174. The van der Waals surface area contributed by atoms with Crippen molar-refractivity contribution in [3.8, 4) is 5.75 Å². The van der Waals surface area contributed by atoms with Gasteiger partial charge in [-0.25, -0.2) is 0 Å². The van der Waals surface area contributed by atoms with Crippen molar-refractivity contribution in [2.24, 2.45) is 0 Å². The van der Waals surface area contributed by atoms with Crippen LogP contribution in [-0.4, -0.2) is 16.0 Å². The number of anilines is 1. The van der Waals surface area contributed by atoms with Crippen molar-refractivity contribution in [1.82, 2.24) is 4.98 Å². The summed E-state index contributed by atoms with van der Waals surface area (Å²) in [5.74, 6) is -0.0759. The number of H-pyrrole nitrogens is 1. The second kappa shape index (κ2) is 4.20. The van der Waals surface area contributed by atoms with Gasteiger partial charge in [0.2, 0.25) is 0 Å². The van der Waals surface area contributed by atoms with E-state index in [1.165, 1.54) is 6.07 Å². The Labute approximate surface area is 108 Å². The Balaban J connectivity index is 1.86. The van der Waals surface area contributed by atoms with Gasteiger partial charge in [-0.3, -0.25) is 4.79 Å². The Morgan fingerprint density at radius 3 is 2.89 bits per heavy atom. The van der Waals surface area contributed by atoms with Crippen molar-refractivity contribution < 1.29 is 14.3 Å². The van der Waals surface area contributed by atoms with Crippen LogP contribution in [0.25, 0.3) is 11.1 Å². The van der Waals surface area contributed by atoms with Gasteiger partial charge in [-0.15, -0.1) is 0 Å². The number of carbonyl (C=O) groups excluding carboxylic acids is 1. The predicted octanol–water partition coefficient (Wildman–Crippen LogP) is 3.03. The van der Waals surface area contributed by atoms with E-state index in [0.29, 0.717) is 17.0 Å². The maximum Gasteiger partial charge on any atom is 0.272 e. The van der Waals surface area contributed by atoms with E-state index in [1.54, 1.807) is 30.5 Å². The number of fused-ring (bicyclic) bond motifs is 1. The number of furan rings is 1. The normalized spacial score (nSPS) is 10.8. The van der Waals surface area contributed by atoms with Crippen molar-refractivity contribution in [2.45, 2.75) is 6.92 Å². The van der Waals surface area contributed by atoms with Crippen LogP contribution in [0, 0.1) is 6.92 Å². The van der Waals surface area contributed by atoms with Gasteiger partial charge < -0.3 is 19.8 Å². The van der Waals surface area contributed by atoms with Crippen LogP contribution in [-0.2, 0) is 0 Å². The first-order valence-corrected chi connectivity index (χ1v) is 5.80. The molecular formula is C14H12N2O3. The van der Waals surface area contributed by atoms with Gasteiger partial charge in [0.25, 0.3) is 5.91 Å². The van der Waals surface area contributed by atoms with Crippen LogP contribution in [0.1, 0.15) is 16.1 Å². The molecule has 96 valence electrons. The molecule has 0 saturated heterocycles. The van der Waals surface area contributed by atoms with E-state index in [1.807, 2.05) is 6.92 Å². The van der Waals surface area contributed by atoms with Gasteiger partial charge in [0, 0.05) is 17.8 Å². The third-order valence-corrected chi connectivity index (χ3v) is 2.94. The Morgan fingerprint density at radius 1 is 1.32 bits per heavy atom. The summed E-state index contributed by atoms with van der Waals surface area (Å²) in [7, 11) is 0. The number of aromatic hydroxyl groups is 1. The molecule has 0 bridgehead atoms. The van der Waals surface area contributed by atoms with Crippen LogP contribution in [0.4, 0.5) is 5.69 Å². The van der Waals surface area contributed by atoms with Crippen LogP contribution >= 0.6 is 0 Å². The molecule has 1 amide bonds. The molecule has 2 heterocycles. The van der Waals surface area contributed by atoms with E-state index >= 15 is 0 Å². The number of phenols is 1. The molecule has 5 heteroatoms. The number of phenolic OH excluding ortho intramolecular Hbond substituents is 1. The number of benzene rings is 1. The van der Waals surface area contributed by atoms with Gasteiger partial charge in [-0.2, -0.15) is 0 Å². The smallest absolute Gasteiger partial charge is 0.272 e. The zero-order valence-electron chi connectivity index (χ0n) is 10.2. The van der Waals surface area contributed by atoms with Crippen LogP contribution in [0.15, 0.2) is 41.0 Å². The third-order valence-electron chi connectivity index (χ3n) is 2.94. The predicted molar refractivity (Wildman–Crippen MR) is 71.4 cm³/mol. The maximum absolute atomic E-state index is 12.1. The molecule has 0 atom stereocenters. The second-order valence-corrected chi connectivity index (χ2v) is 4.33. The molecule has 0 unspecified atom stereocenters. The number of carbonyl (C=O) groups is 1. The highest BCUT2D eigenvalue weighted by Gasteiger charge is 2.12. The maximum atomic E-state index is 12.1. The highest BCUT2D eigenvalue weighted by Crippen LogP contribution is 2.22. The zero-order valence-corrected chi connectivity index (χ0v) is 10.2. The molecule has 0 saturated carbocycles. The fraction of sp³-hybridized carbons (Fsp3) is 0.0714. The molecule has 3 rings (SSSR count). The summed E-state index contributed by atoms with van der Waals surface area (Å²) in [6.45, 7) is 1.82. The number of nitrogens with one attached hydrogen (secondary N) is 2. The van der Waals surface area contributed by atoms with Gasteiger partial charge in [0.1, 0.15) is 11.4 Å². The summed E-state index contributed by atoms with van der Waals surface area (Å²) in [6, 6.07) is 8.20. The minimum atomic E-state index is -0.250.